The van der Waals surface area contributed by atoms with E-state index in [4.69, 9.17) is 4.74 Å². The van der Waals surface area contributed by atoms with Crippen LogP contribution in [0.15, 0.2) is 24.3 Å². The maximum Gasteiger partial charge on any atom is 0.410 e. The van der Waals surface area contributed by atoms with E-state index < -0.39 is 11.7 Å². The van der Waals surface area contributed by atoms with Crippen molar-refractivity contribution in [3.63, 3.8) is 0 Å². The maximum atomic E-state index is 12.1. The van der Waals surface area contributed by atoms with Crippen LogP contribution in [0.25, 0.3) is 0 Å². The first-order chi connectivity index (χ1) is 11.8. The van der Waals surface area contributed by atoms with Crippen LogP contribution >= 0.6 is 0 Å². The Hall–Kier alpha value is -2.44. The molecule has 1 aromatic rings. The average Bonchev–Trinajstić information content (AvgIpc) is 2.58. The lowest BCUT2D eigenvalue weighted by Gasteiger charge is -2.36. The summed E-state index contributed by atoms with van der Waals surface area (Å²) in [6.45, 7) is 8.76. The minimum atomic E-state index is -0.477. The number of carbonyl (C=O) groups excluding carboxylic acids is 2. The highest BCUT2D eigenvalue weighted by molar-refractivity contribution is 5.69. The highest BCUT2D eigenvalue weighted by atomic mass is 16.6. The molecule has 7 heteroatoms. The van der Waals surface area contributed by atoms with E-state index in [1.165, 1.54) is 7.11 Å². The van der Waals surface area contributed by atoms with Crippen molar-refractivity contribution in [2.45, 2.75) is 32.9 Å². The van der Waals surface area contributed by atoms with Gasteiger partial charge in [0.05, 0.1) is 7.11 Å². The normalized spacial score (nSPS) is 14.9. The number of ether oxygens (including phenoxy) is 2. The first kappa shape index (κ1) is 18.9. The molecule has 0 radical (unpaired) electrons. The van der Waals surface area contributed by atoms with Gasteiger partial charge in [0.2, 0.25) is 0 Å². The minimum absolute atomic E-state index is 0.261. The van der Waals surface area contributed by atoms with Gasteiger partial charge in [0.15, 0.2) is 0 Å². The number of anilines is 1. The number of hydrogen-bond donors (Lipinski definition) is 1. The number of methoxy groups -OCH3 is 1. The molecule has 1 fully saturated rings. The van der Waals surface area contributed by atoms with Gasteiger partial charge in [0.1, 0.15) is 5.60 Å². The Bertz CT molecular complexity index is 605. The molecule has 1 aromatic carbocycles. The number of nitrogens with zero attached hydrogens (tertiary/aromatic N) is 2. The molecule has 2 amide bonds. The number of piperazine rings is 1. The van der Waals surface area contributed by atoms with Gasteiger partial charge in [-0.05, 0) is 38.5 Å². The zero-order valence-electron chi connectivity index (χ0n) is 15.4. The Balaban J connectivity index is 1.90. The molecule has 0 atom stereocenters. The van der Waals surface area contributed by atoms with Crippen LogP contribution < -0.4 is 10.2 Å². The van der Waals surface area contributed by atoms with Crippen LogP contribution in [0.4, 0.5) is 15.3 Å². The Morgan fingerprint density at radius 2 is 1.84 bits per heavy atom. The molecule has 1 saturated heterocycles. The van der Waals surface area contributed by atoms with Gasteiger partial charge < -0.3 is 24.6 Å². The smallest absolute Gasteiger partial charge is 0.410 e. The molecule has 0 spiro atoms. The van der Waals surface area contributed by atoms with E-state index in [9.17, 15) is 9.59 Å². The summed E-state index contributed by atoms with van der Waals surface area (Å²) in [5.74, 6) is 0. The van der Waals surface area contributed by atoms with E-state index in [2.05, 4.69) is 15.0 Å². The summed E-state index contributed by atoms with van der Waals surface area (Å²) in [6.07, 6.45) is -0.709. The van der Waals surface area contributed by atoms with Gasteiger partial charge in [-0.15, -0.1) is 0 Å². The highest BCUT2D eigenvalue weighted by Gasteiger charge is 2.25. The first-order valence-corrected chi connectivity index (χ1v) is 8.42. The fourth-order valence-corrected chi connectivity index (χ4v) is 2.58. The molecule has 1 N–H and O–H groups in total. The summed E-state index contributed by atoms with van der Waals surface area (Å²) in [7, 11) is 1.34. The van der Waals surface area contributed by atoms with Gasteiger partial charge in [-0.25, -0.2) is 9.59 Å². The molecule has 2 rings (SSSR count). The molecule has 25 heavy (non-hydrogen) atoms. The summed E-state index contributed by atoms with van der Waals surface area (Å²) in [5.41, 5.74) is 1.60. The van der Waals surface area contributed by atoms with E-state index in [-0.39, 0.29) is 6.09 Å². The molecule has 0 aromatic heterocycles. The van der Waals surface area contributed by atoms with Crippen LogP contribution in [0.1, 0.15) is 26.3 Å². The Morgan fingerprint density at radius 1 is 1.16 bits per heavy atom. The molecule has 7 nitrogen and oxygen atoms in total. The molecule has 1 heterocycles. The van der Waals surface area contributed by atoms with Crippen molar-refractivity contribution in [3.05, 3.63) is 29.8 Å². The number of hydrogen-bond acceptors (Lipinski definition) is 5. The second-order valence-corrected chi connectivity index (χ2v) is 6.97. The number of carbonyl (C=O) groups is 2. The largest absolute Gasteiger partial charge is 0.453 e. The van der Waals surface area contributed by atoms with Gasteiger partial charge in [0.25, 0.3) is 0 Å². The summed E-state index contributed by atoms with van der Waals surface area (Å²) < 4.78 is 10.00. The molecule has 0 aliphatic carbocycles. The standard InChI is InChI=1S/C18H27N3O4/c1-18(2,3)25-17(23)21-10-8-20(9-11-21)15-7-5-6-14(12-15)13-19-16(22)24-4/h5-7,12H,8-11,13H2,1-4H3,(H,19,22). The van der Waals surface area contributed by atoms with Crippen molar-refractivity contribution in [1.82, 2.24) is 10.2 Å². The molecule has 0 bridgehead atoms. The topological polar surface area (TPSA) is 71.1 Å². The minimum Gasteiger partial charge on any atom is -0.453 e. The molecular formula is C18H27N3O4. The summed E-state index contributed by atoms with van der Waals surface area (Å²) in [5, 5.41) is 2.67. The summed E-state index contributed by atoms with van der Waals surface area (Å²) in [6, 6.07) is 7.99. The summed E-state index contributed by atoms with van der Waals surface area (Å²) in [4.78, 5) is 27.3. The van der Waals surface area contributed by atoms with E-state index in [1.54, 1.807) is 4.90 Å². The van der Waals surface area contributed by atoms with E-state index >= 15 is 0 Å². The van der Waals surface area contributed by atoms with Crippen LogP contribution in [-0.2, 0) is 16.0 Å². The van der Waals surface area contributed by atoms with Crippen molar-refractivity contribution >= 4 is 17.9 Å². The van der Waals surface area contributed by atoms with Gasteiger partial charge in [0, 0.05) is 38.4 Å². The molecule has 0 saturated carbocycles. The quantitative estimate of drug-likeness (QED) is 0.908. The second kappa shape index (κ2) is 8.09. The van der Waals surface area contributed by atoms with Crippen molar-refractivity contribution in [1.29, 1.82) is 0 Å². The SMILES string of the molecule is COC(=O)NCc1cccc(N2CCN(C(=O)OC(C)(C)C)CC2)c1. The lowest BCUT2D eigenvalue weighted by Crippen LogP contribution is -2.50. The van der Waals surface area contributed by atoms with Crippen molar-refractivity contribution in [2.75, 3.05) is 38.2 Å². The van der Waals surface area contributed by atoms with E-state index in [1.807, 2.05) is 45.0 Å². The van der Waals surface area contributed by atoms with E-state index in [0.29, 0.717) is 19.6 Å². The van der Waals surface area contributed by atoms with E-state index in [0.717, 1.165) is 24.3 Å². The fraction of sp³-hybridized carbons (Fsp3) is 0.556. The van der Waals surface area contributed by atoms with Gasteiger partial charge in [-0.3, -0.25) is 0 Å². The molecular weight excluding hydrogens is 322 g/mol. The van der Waals surface area contributed by atoms with Gasteiger partial charge in [-0.2, -0.15) is 0 Å². The van der Waals surface area contributed by atoms with Crippen LogP contribution in [0, 0.1) is 0 Å². The molecule has 1 aliphatic heterocycles. The van der Waals surface area contributed by atoms with Crippen LogP contribution in [0.2, 0.25) is 0 Å². The first-order valence-electron chi connectivity index (χ1n) is 8.42. The highest BCUT2D eigenvalue weighted by Crippen LogP contribution is 2.19. The van der Waals surface area contributed by atoms with Gasteiger partial charge >= 0.3 is 12.2 Å². The Labute approximate surface area is 148 Å². The second-order valence-electron chi connectivity index (χ2n) is 6.97. The van der Waals surface area contributed by atoms with Crippen molar-refractivity contribution < 1.29 is 19.1 Å². The monoisotopic (exact) mass is 349 g/mol. The number of amides is 2. The fourth-order valence-electron chi connectivity index (χ4n) is 2.58. The van der Waals surface area contributed by atoms with Crippen LogP contribution in [0.3, 0.4) is 0 Å². The van der Waals surface area contributed by atoms with Gasteiger partial charge in [-0.1, -0.05) is 12.1 Å². The Morgan fingerprint density at radius 3 is 2.44 bits per heavy atom. The predicted octanol–water partition coefficient (Wildman–Crippen LogP) is 2.60. The molecule has 138 valence electrons. The van der Waals surface area contributed by atoms with Crippen LogP contribution in [0.5, 0.6) is 0 Å². The van der Waals surface area contributed by atoms with Crippen molar-refractivity contribution in [2.24, 2.45) is 0 Å². The number of alkyl carbamates (subject to hydrolysis) is 1. The predicted molar refractivity (Wildman–Crippen MR) is 95.7 cm³/mol. The number of benzene rings is 1. The van der Waals surface area contributed by atoms with Crippen molar-refractivity contribution in [3.8, 4) is 0 Å². The zero-order chi connectivity index (χ0) is 18.4. The molecule has 0 unspecified atom stereocenters. The number of nitrogens with one attached hydrogen (secondary N) is 1. The van der Waals surface area contributed by atoms with Crippen LogP contribution in [-0.4, -0.2) is 56.0 Å². The maximum absolute atomic E-state index is 12.1. The lowest BCUT2D eigenvalue weighted by atomic mass is 10.1. The third-order valence-corrected chi connectivity index (χ3v) is 3.83. The number of rotatable bonds is 3. The third kappa shape index (κ3) is 5.85. The average molecular weight is 349 g/mol. The third-order valence-electron chi connectivity index (χ3n) is 3.83. The lowest BCUT2D eigenvalue weighted by molar-refractivity contribution is 0.0240. The Kier molecular flexibility index (Phi) is 6.12. The summed E-state index contributed by atoms with van der Waals surface area (Å²) >= 11 is 0. The zero-order valence-corrected chi connectivity index (χ0v) is 15.4. The molecule has 1 aliphatic rings.